The summed E-state index contributed by atoms with van der Waals surface area (Å²) in [6, 6.07) is 7.78. The molecule has 1 unspecified atom stereocenters. The third kappa shape index (κ3) is 3.38. The van der Waals surface area contributed by atoms with Crippen molar-refractivity contribution in [3.63, 3.8) is 0 Å². The molecule has 0 spiro atoms. The number of carbonyl (C=O) groups is 1. The first-order valence-electron chi connectivity index (χ1n) is 7.02. The van der Waals surface area contributed by atoms with E-state index < -0.39 is 24.4 Å². The highest BCUT2D eigenvalue weighted by molar-refractivity contribution is 9.10. The number of alkyl halides is 3. The van der Waals surface area contributed by atoms with Gasteiger partial charge >= 0.3 is 12.3 Å². The van der Waals surface area contributed by atoms with E-state index in [1.165, 1.54) is 24.3 Å². The molecule has 0 bridgehead atoms. The van der Waals surface area contributed by atoms with Crippen LogP contribution in [-0.2, 0) is 10.3 Å². The molecular formula is C16H8BrCl3F3NO2. The van der Waals surface area contributed by atoms with Crippen molar-refractivity contribution in [1.29, 1.82) is 0 Å². The second kappa shape index (κ2) is 6.78. The Bertz CT molecular complexity index is 873. The monoisotopic (exact) mass is 487 g/mol. The molecule has 10 heteroatoms. The Labute approximate surface area is 169 Å². The number of cyclic esters (lactones) is 1. The SMILES string of the molecule is O=C1OC(c2cc(Cl)cc(Cl)c2)(C(F)(F)F)CN1c1ccc(Br)c(Cl)c1. The van der Waals surface area contributed by atoms with E-state index >= 15 is 0 Å². The maximum atomic E-state index is 13.9. The first-order valence-corrected chi connectivity index (χ1v) is 8.95. The first-order chi connectivity index (χ1) is 12.0. The molecular weight excluding hydrogens is 481 g/mol. The van der Waals surface area contributed by atoms with E-state index in [1.54, 1.807) is 0 Å². The Hall–Kier alpha value is -1.15. The minimum absolute atomic E-state index is 0.00249. The second-order valence-corrected chi connectivity index (χ2v) is 7.67. The smallest absolute Gasteiger partial charge is 0.426 e. The molecule has 3 nitrogen and oxygen atoms in total. The van der Waals surface area contributed by atoms with Gasteiger partial charge in [0.05, 0.1) is 11.6 Å². The standard InChI is InChI=1S/C16H8BrCl3F3NO2/c17-12-2-1-11(6-13(12)20)24-7-15(16(21,22)23,26-14(24)25)8-3-9(18)5-10(19)4-8/h1-6H,7H2. The highest BCUT2D eigenvalue weighted by atomic mass is 79.9. The Kier molecular flexibility index (Phi) is 5.11. The van der Waals surface area contributed by atoms with Crippen LogP contribution in [0, 0.1) is 0 Å². The molecule has 1 amide bonds. The second-order valence-electron chi connectivity index (χ2n) is 5.54. The van der Waals surface area contributed by atoms with Gasteiger partial charge in [-0.25, -0.2) is 4.79 Å². The summed E-state index contributed by atoms with van der Waals surface area (Å²) in [7, 11) is 0. The van der Waals surface area contributed by atoms with E-state index in [2.05, 4.69) is 15.9 Å². The normalized spacial score (nSPS) is 20.4. The topological polar surface area (TPSA) is 29.5 Å². The van der Waals surface area contributed by atoms with Gasteiger partial charge in [-0.15, -0.1) is 0 Å². The van der Waals surface area contributed by atoms with Crippen molar-refractivity contribution in [1.82, 2.24) is 0 Å². The molecule has 0 radical (unpaired) electrons. The molecule has 1 atom stereocenters. The number of halogens is 7. The number of amides is 1. The number of hydrogen-bond donors (Lipinski definition) is 0. The molecule has 1 saturated heterocycles. The zero-order valence-electron chi connectivity index (χ0n) is 12.6. The predicted octanol–water partition coefficient (Wildman–Crippen LogP) is 6.82. The predicted molar refractivity (Wildman–Crippen MR) is 97.2 cm³/mol. The van der Waals surface area contributed by atoms with E-state index in [4.69, 9.17) is 39.5 Å². The molecule has 1 aliphatic heterocycles. The quantitative estimate of drug-likeness (QED) is 0.463. The van der Waals surface area contributed by atoms with Crippen LogP contribution in [-0.4, -0.2) is 18.8 Å². The average Bonchev–Trinajstić information content (AvgIpc) is 2.88. The summed E-state index contributed by atoms with van der Waals surface area (Å²) in [4.78, 5) is 13.1. The fourth-order valence-electron chi connectivity index (χ4n) is 2.62. The molecule has 1 fully saturated rings. The van der Waals surface area contributed by atoms with Crippen LogP contribution in [0.15, 0.2) is 40.9 Å². The maximum absolute atomic E-state index is 13.9. The number of rotatable bonds is 2. The molecule has 2 aromatic rings. The summed E-state index contributed by atoms with van der Waals surface area (Å²) < 4.78 is 47.2. The Morgan fingerprint density at radius 3 is 2.23 bits per heavy atom. The highest BCUT2D eigenvalue weighted by Crippen LogP contribution is 2.48. The fraction of sp³-hybridized carbons (Fsp3) is 0.188. The molecule has 26 heavy (non-hydrogen) atoms. The molecule has 0 aromatic heterocycles. The zero-order valence-corrected chi connectivity index (χ0v) is 16.4. The maximum Gasteiger partial charge on any atom is 0.434 e. The first kappa shape index (κ1) is 19.6. The molecule has 138 valence electrons. The molecule has 3 rings (SSSR count). The summed E-state index contributed by atoms with van der Waals surface area (Å²) in [5, 5.41) is 0.236. The summed E-state index contributed by atoms with van der Waals surface area (Å²) in [6.07, 6.45) is -6.05. The van der Waals surface area contributed by atoms with E-state index in [-0.39, 0.29) is 26.3 Å². The molecule has 0 N–H and O–H groups in total. The summed E-state index contributed by atoms with van der Waals surface area (Å²) in [5.41, 5.74) is -3.10. The lowest BCUT2D eigenvalue weighted by atomic mass is 9.92. The van der Waals surface area contributed by atoms with Crippen LogP contribution in [0.3, 0.4) is 0 Å². The minimum Gasteiger partial charge on any atom is -0.426 e. The highest BCUT2D eigenvalue weighted by Gasteiger charge is 2.65. The Morgan fingerprint density at radius 2 is 1.69 bits per heavy atom. The average molecular weight is 490 g/mol. The number of anilines is 1. The van der Waals surface area contributed by atoms with Gasteiger partial charge in [0.15, 0.2) is 0 Å². The molecule has 0 saturated carbocycles. The van der Waals surface area contributed by atoms with Gasteiger partial charge in [-0.2, -0.15) is 13.2 Å². The molecule has 2 aromatic carbocycles. The van der Waals surface area contributed by atoms with E-state index in [0.717, 1.165) is 17.0 Å². The van der Waals surface area contributed by atoms with Crippen LogP contribution < -0.4 is 4.90 Å². The van der Waals surface area contributed by atoms with Crippen molar-refractivity contribution < 1.29 is 22.7 Å². The number of ether oxygens (including phenoxy) is 1. The van der Waals surface area contributed by atoms with Crippen LogP contribution in [0.4, 0.5) is 23.7 Å². The van der Waals surface area contributed by atoms with Crippen LogP contribution in [0.5, 0.6) is 0 Å². The van der Waals surface area contributed by atoms with Gasteiger partial charge in [-0.1, -0.05) is 34.8 Å². The summed E-state index contributed by atoms with van der Waals surface area (Å²) >= 11 is 20.8. The van der Waals surface area contributed by atoms with Gasteiger partial charge in [0.25, 0.3) is 5.60 Å². The van der Waals surface area contributed by atoms with Crippen molar-refractivity contribution in [2.45, 2.75) is 11.8 Å². The van der Waals surface area contributed by atoms with E-state index in [0.29, 0.717) is 4.47 Å². The Morgan fingerprint density at radius 1 is 1.08 bits per heavy atom. The van der Waals surface area contributed by atoms with Crippen molar-refractivity contribution in [2.24, 2.45) is 0 Å². The lowest BCUT2D eigenvalue weighted by molar-refractivity contribution is -0.250. The van der Waals surface area contributed by atoms with Crippen molar-refractivity contribution >= 4 is 62.5 Å². The van der Waals surface area contributed by atoms with Crippen LogP contribution in [0.2, 0.25) is 15.1 Å². The summed E-state index contributed by atoms with van der Waals surface area (Å²) in [6.45, 7) is -0.802. The van der Waals surface area contributed by atoms with E-state index in [9.17, 15) is 18.0 Å². The van der Waals surface area contributed by atoms with Gasteiger partial charge in [-0.05, 0) is 52.3 Å². The van der Waals surface area contributed by atoms with Crippen LogP contribution >= 0.6 is 50.7 Å². The third-order valence-corrected chi connectivity index (χ3v) is 5.53. The van der Waals surface area contributed by atoms with E-state index in [1.807, 2.05) is 0 Å². The van der Waals surface area contributed by atoms with Crippen molar-refractivity contribution in [2.75, 3.05) is 11.4 Å². The number of nitrogens with zero attached hydrogens (tertiary/aromatic N) is 1. The van der Waals surface area contributed by atoms with Gasteiger partial charge in [0.1, 0.15) is 0 Å². The van der Waals surface area contributed by atoms with Gasteiger partial charge in [-0.3, -0.25) is 4.90 Å². The van der Waals surface area contributed by atoms with Gasteiger partial charge in [0.2, 0.25) is 0 Å². The molecule has 1 aliphatic rings. The van der Waals surface area contributed by atoms with Gasteiger partial charge < -0.3 is 4.74 Å². The molecule has 0 aliphatic carbocycles. The molecule has 1 heterocycles. The minimum atomic E-state index is -4.90. The van der Waals surface area contributed by atoms with Crippen LogP contribution in [0.25, 0.3) is 0 Å². The van der Waals surface area contributed by atoms with Crippen LogP contribution in [0.1, 0.15) is 5.56 Å². The van der Waals surface area contributed by atoms with Crippen molar-refractivity contribution in [3.8, 4) is 0 Å². The largest absolute Gasteiger partial charge is 0.434 e. The lowest BCUT2D eigenvalue weighted by Crippen LogP contribution is -2.46. The number of benzene rings is 2. The summed E-state index contributed by atoms with van der Waals surface area (Å²) in [5.74, 6) is 0. The van der Waals surface area contributed by atoms with Crippen molar-refractivity contribution in [3.05, 3.63) is 61.5 Å². The third-order valence-electron chi connectivity index (χ3n) is 3.86. The Balaban J connectivity index is 2.10. The number of carbonyl (C=O) groups excluding carboxylic acids is 1. The number of hydrogen-bond acceptors (Lipinski definition) is 2. The zero-order chi connectivity index (χ0) is 19.3. The van der Waals surface area contributed by atoms with Gasteiger partial charge in [0, 0.05) is 25.8 Å². The lowest BCUT2D eigenvalue weighted by Gasteiger charge is -2.30. The fourth-order valence-corrected chi connectivity index (χ4v) is 3.57.